The molecule has 0 fully saturated rings. The molecule has 10 heteroatoms. The maximum atomic E-state index is 12.2. The molecule has 130 valence electrons. The summed E-state index contributed by atoms with van der Waals surface area (Å²) in [4.78, 5) is 24.4. The summed E-state index contributed by atoms with van der Waals surface area (Å²) in [6, 6.07) is 6.60. The van der Waals surface area contributed by atoms with Gasteiger partial charge in [0.05, 0.1) is 11.1 Å². The molecule has 0 atom stereocenters. The zero-order valence-electron chi connectivity index (χ0n) is 12.7. The third kappa shape index (κ3) is 7.95. The number of nitrogens with one attached hydrogen (secondary N) is 4. The molecule has 0 saturated carbocycles. The zero-order valence-corrected chi connectivity index (χ0v) is 16.1. The van der Waals surface area contributed by atoms with Crippen molar-refractivity contribution >= 4 is 70.1 Å². The summed E-state index contributed by atoms with van der Waals surface area (Å²) in [6.07, 6.45) is 0. The van der Waals surface area contributed by atoms with Gasteiger partial charge in [-0.15, -0.1) is 25.3 Å². The lowest BCUT2D eigenvalue weighted by molar-refractivity contribution is 0.0920. The van der Waals surface area contributed by atoms with Gasteiger partial charge in [0.1, 0.15) is 8.64 Å². The first-order chi connectivity index (χ1) is 11.4. The monoisotopic (exact) mass is 402 g/mol. The molecule has 0 aliphatic heterocycles. The maximum Gasteiger partial charge on any atom is 0.252 e. The highest BCUT2D eigenvalue weighted by molar-refractivity contribution is 8.11. The van der Waals surface area contributed by atoms with Crippen molar-refractivity contribution in [1.82, 2.24) is 21.3 Å². The first kappa shape index (κ1) is 20.7. The second kappa shape index (κ2) is 11.2. The van der Waals surface area contributed by atoms with Crippen molar-refractivity contribution < 1.29 is 9.59 Å². The number of rotatable bonds is 8. The average molecular weight is 403 g/mol. The number of thiocarbonyl (C=S) groups is 2. The lowest BCUT2D eigenvalue weighted by Crippen LogP contribution is -2.36. The zero-order chi connectivity index (χ0) is 17.9. The van der Waals surface area contributed by atoms with E-state index in [0.717, 1.165) is 0 Å². The van der Waals surface area contributed by atoms with Crippen molar-refractivity contribution in [3.8, 4) is 0 Å². The topological polar surface area (TPSA) is 82.3 Å². The summed E-state index contributed by atoms with van der Waals surface area (Å²) in [6.45, 7) is 1.63. The van der Waals surface area contributed by atoms with Crippen molar-refractivity contribution in [2.75, 3.05) is 26.2 Å². The predicted octanol–water partition coefficient (Wildman–Crippen LogP) is 0.755. The number of benzene rings is 1. The Balaban J connectivity index is 2.59. The van der Waals surface area contributed by atoms with E-state index in [1.807, 2.05) is 0 Å². The number of amides is 2. The number of thiol groups is 2. The van der Waals surface area contributed by atoms with E-state index in [9.17, 15) is 9.59 Å². The predicted molar refractivity (Wildman–Crippen MR) is 110 cm³/mol. The number of hydrogen-bond acceptors (Lipinski definition) is 4. The van der Waals surface area contributed by atoms with Gasteiger partial charge in [-0.2, -0.15) is 0 Å². The minimum absolute atomic E-state index is 0.307. The van der Waals surface area contributed by atoms with Crippen LogP contribution in [0.25, 0.3) is 0 Å². The van der Waals surface area contributed by atoms with Crippen LogP contribution in [0.4, 0.5) is 0 Å². The lowest BCUT2D eigenvalue weighted by Gasteiger charge is -2.11. The molecule has 1 aromatic carbocycles. The van der Waals surface area contributed by atoms with Crippen LogP contribution in [0.2, 0.25) is 0 Å². The van der Waals surface area contributed by atoms with E-state index in [4.69, 9.17) is 24.4 Å². The van der Waals surface area contributed by atoms with Crippen LogP contribution in [-0.4, -0.2) is 46.6 Å². The van der Waals surface area contributed by atoms with Gasteiger partial charge in [-0.3, -0.25) is 9.59 Å². The fourth-order valence-electron chi connectivity index (χ4n) is 1.76. The average Bonchev–Trinajstić information content (AvgIpc) is 2.54. The molecular weight excluding hydrogens is 384 g/mol. The van der Waals surface area contributed by atoms with Crippen LogP contribution < -0.4 is 21.3 Å². The molecule has 0 heterocycles. The van der Waals surface area contributed by atoms with Gasteiger partial charge in [-0.1, -0.05) is 36.6 Å². The van der Waals surface area contributed by atoms with E-state index in [0.29, 0.717) is 45.9 Å². The normalized spacial score (nSPS) is 9.75. The smallest absolute Gasteiger partial charge is 0.252 e. The first-order valence-electron chi connectivity index (χ1n) is 7.01. The van der Waals surface area contributed by atoms with Gasteiger partial charge < -0.3 is 21.3 Å². The minimum Gasteiger partial charge on any atom is -0.369 e. The Morgan fingerprint density at radius 1 is 0.750 bits per heavy atom. The van der Waals surface area contributed by atoms with Crippen LogP contribution in [-0.2, 0) is 0 Å². The molecule has 0 saturated heterocycles. The van der Waals surface area contributed by atoms with Crippen LogP contribution in [0.15, 0.2) is 24.3 Å². The Bertz CT molecular complexity index is 572. The molecule has 1 aromatic rings. The summed E-state index contributed by atoms with van der Waals surface area (Å²) >= 11 is 17.4. The maximum absolute atomic E-state index is 12.2. The molecule has 1 rings (SSSR count). The quantitative estimate of drug-likeness (QED) is 0.219. The van der Waals surface area contributed by atoms with Crippen molar-refractivity contribution in [3.05, 3.63) is 35.4 Å². The van der Waals surface area contributed by atoms with E-state index in [1.54, 1.807) is 24.3 Å². The highest BCUT2D eigenvalue weighted by atomic mass is 32.1. The van der Waals surface area contributed by atoms with Crippen LogP contribution in [0.1, 0.15) is 20.7 Å². The number of carbonyl (C=O) groups excluding carboxylic acids is 2. The van der Waals surface area contributed by atoms with Crippen LogP contribution >= 0.6 is 49.7 Å². The minimum atomic E-state index is -0.331. The van der Waals surface area contributed by atoms with Crippen molar-refractivity contribution in [2.45, 2.75) is 0 Å². The van der Waals surface area contributed by atoms with Gasteiger partial charge in [0.2, 0.25) is 0 Å². The fourth-order valence-corrected chi connectivity index (χ4v) is 2.19. The Labute approximate surface area is 162 Å². The molecule has 6 nitrogen and oxygen atoms in total. The van der Waals surface area contributed by atoms with Gasteiger partial charge in [-0.05, 0) is 12.1 Å². The molecular formula is C14H18N4O2S4. The van der Waals surface area contributed by atoms with Gasteiger partial charge in [-0.25, -0.2) is 0 Å². The second-order valence-electron chi connectivity index (χ2n) is 4.52. The first-order valence-corrected chi connectivity index (χ1v) is 8.72. The largest absolute Gasteiger partial charge is 0.369 e. The third-order valence-corrected chi connectivity index (χ3v) is 3.39. The standard InChI is InChI=1S/C14H18N4O2S4/c19-11(15-5-7-17-13(21)22)9-3-1-2-4-10(9)12(20)16-6-8-18-14(23)24/h1-4H,5-8H2,(H,15,19)(H,16,20)(H2,17,21,22)(H2,18,23,24). The lowest BCUT2D eigenvalue weighted by atomic mass is 10.1. The van der Waals surface area contributed by atoms with Crippen molar-refractivity contribution in [1.29, 1.82) is 0 Å². The Kier molecular flexibility index (Phi) is 9.69. The molecule has 0 spiro atoms. The summed E-state index contributed by atoms with van der Waals surface area (Å²) < 4.78 is 0.719. The van der Waals surface area contributed by atoms with Crippen LogP contribution in [0.5, 0.6) is 0 Å². The van der Waals surface area contributed by atoms with Crippen molar-refractivity contribution in [2.24, 2.45) is 0 Å². The second-order valence-corrected chi connectivity index (χ2v) is 6.84. The molecule has 0 unspecified atom stereocenters. The number of carbonyl (C=O) groups is 2. The Morgan fingerprint density at radius 2 is 1.08 bits per heavy atom. The van der Waals surface area contributed by atoms with Gasteiger partial charge >= 0.3 is 0 Å². The Hall–Kier alpha value is -1.36. The fraction of sp³-hybridized carbons (Fsp3) is 0.286. The highest BCUT2D eigenvalue weighted by Gasteiger charge is 2.15. The molecule has 24 heavy (non-hydrogen) atoms. The summed E-state index contributed by atoms with van der Waals surface area (Å²) in [5.74, 6) is -0.662. The molecule has 4 N–H and O–H groups in total. The van der Waals surface area contributed by atoms with E-state index in [1.165, 1.54) is 0 Å². The van der Waals surface area contributed by atoms with Gasteiger partial charge in [0.25, 0.3) is 11.8 Å². The molecule has 0 bridgehead atoms. The SMILES string of the molecule is O=C(NCCNC(=S)S)c1ccccc1C(=O)NCCNC(=S)S. The summed E-state index contributed by atoms with van der Waals surface area (Å²) in [7, 11) is 0. The molecule has 0 aliphatic carbocycles. The molecule has 0 aliphatic rings. The summed E-state index contributed by atoms with van der Waals surface area (Å²) in [5.41, 5.74) is 0.613. The van der Waals surface area contributed by atoms with Crippen LogP contribution in [0.3, 0.4) is 0 Å². The van der Waals surface area contributed by atoms with E-state index < -0.39 is 0 Å². The number of hydrogen-bond donors (Lipinski definition) is 6. The van der Waals surface area contributed by atoms with Crippen LogP contribution in [0, 0.1) is 0 Å². The molecule has 0 radical (unpaired) electrons. The van der Waals surface area contributed by atoms with Gasteiger partial charge in [0.15, 0.2) is 0 Å². The van der Waals surface area contributed by atoms with E-state index >= 15 is 0 Å². The molecule has 0 aromatic heterocycles. The van der Waals surface area contributed by atoms with E-state index in [-0.39, 0.29) is 11.8 Å². The summed E-state index contributed by atoms with van der Waals surface area (Å²) in [5, 5.41) is 11.1. The highest BCUT2D eigenvalue weighted by Crippen LogP contribution is 2.08. The van der Waals surface area contributed by atoms with E-state index in [2.05, 4.69) is 46.5 Å². The molecule has 2 amide bonds. The Morgan fingerprint density at radius 3 is 1.42 bits per heavy atom. The third-order valence-electron chi connectivity index (χ3n) is 2.79. The van der Waals surface area contributed by atoms with Crippen molar-refractivity contribution in [3.63, 3.8) is 0 Å². The van der Waals surface area contributed by atoms with Gasteiger partial charge in [0, 0.05) is 26.2 Å².